The molecule has 0 amide bonds. The van der Waals surface area contributed by atoms with E-state index in [0.29, 0.717) is 0 Å². The highest BCUT2D eigenvalue weighted by Crippen LogP contribution is 2.23. The number of aldehydes is 2. The average Bonchev–Trinajstić information content (AvgIpc) is 3.17. The second-order valence-electron chi connectivity index (χ2n) is 6.75. The summed E-state index contributed by atoms with van der Waals surface area (Å²) in [6.45, 7) is 6.46. The molecule has 0 radical (unpaired) electrons. The molecule has 0 N–H and O–H groups in total. The van der Waals surface area contributed by atoms with Gasteiger partial charge in [-0.1, -0.05) is 46.4 Å². The van der Waals surface area contributed by atoms with Gasteiger partial charge in [0.2, 0.25) is 0 Å². The first kappa shape index (κ1) is 17.2. The van der Waals surface area contributed by atoms with Crippen LogP contribution in [0.5, 0.6) is 0 Å². The molecule has 0 spiro atoms. The maximum absolute atomic E-state index is 11.4. The molecule has 128 valence electrons. The minimum atomic E-state index is 0.0491. The topological polar surface area (TPSA) is 34.1 Å². The molecule has 0 fully saturated rings. The zero-order valence-corrected chi connectivity index (χ0v) is 16.5. The minimum absolute atomic E-state index is 0.0491. The number of fused-ring (bicyclic) bond motifs is 2. The van der Waals surface area contributed by atoms with Crippen molar-refractivity contribution in [3.63, 3.8) is 0 Å². The predicted molar refractivity (Wildman–Crippen MR) is 114 cm³/mol. The van der Waals surface area contributed by atoms with E-state index in [2.05, 4.69) is 45.1 Å². The second kappa shape index (κ2) is 6.49. The Kier molecular flexibility index (Phi) is 4.29. The zero-order chi connectivity index (χ0) is 18.4. The molecule has 26 heavy (non-hydrogen) atoms. The average molecular weight is 376 g/mol. The molecule has 1 aliphatic heterocycles. The van der Waals surface area contributed by atoms with E-state index < -0.39 is 0 Å². The van der Waals surface area contributed by atoms with Crippen LogP contribution < -0.4 is 15.0 Å². The Morgan fingerprint density at radius 3 is 1.65 bits per heavy atom. The van der Waals surface area contributed by atoms with Crippen molar-refractivity contribution in [2.75, 3.05) is 0 Å². The summed E-state index contributed by atoms with van der Waals surface area (Å²) in [6.07, 6.45) is 5.98. The molecule has 0 bridgehead atoms. The third-order valence-electron chi connectivity index (χ3n) is 4.85. The van der Waals surface area contributed by atoms with E-state index in [1.165, 1.54) is 31.7 Å². The summed E-state index contributed by atoms with van der Waals surface area (Å²) in [6, 6.07) is 8.35. The molecule has 0 atom stereocenters. The Balaban J connectivity index is 2.05. The molecule has 5 heteroatoms. The maximum Gasteiger partial charge on any atom is 0.268 e. The minimum Gasteiger partial charge on any atom is -0.297 e. The van der Waals surface area contributed by atoms with Crippen molar-refractivity contribution >= 4 is 69.1 Å². The van der Waals surface area contributed by atoms with Gasteiger partial charge in [0.05, 0.1) is 9.75 Å². The fourth-order valence-electron chi connectivity index (χ4n) is 3.91. The van der Waals surface area contributed by atoms with E-state index in [1.54, 1.807) is 22.7 Å². The van der Waals surface area contributed by atoms with Crippen molar-refractivity contribution in [3.8, 4) is 0 Å². The lowest BCUT2D eigenvalue weighted by atomic mass is 9.40. The number of thiophene rings is 2. The maximum atomic E-state index is 11.4. The van der Waals surface area contributed by atoms with Crippen LogP contribution >= 0.6 is 22.7 Å². The van der Waals surface area contributed by atoms with Crippen LogP contribution in [0.4, 0.5) is 0 Å². The number of aryl methyl sites for hydroxylation is 3. The Morgan fingerprint density at radius 1 is 0.769 bits per heavy atom. The van der Waals surface area contributed by atoms with Crippen LogP contribution in [0.15, 0.2) is 24.3 Å². The molecular weight excluding hydrogens is 359 g/mol. The lowest BCUT2D eigenvalue weighted by molar-refractivity contribution is 0.111. The first-order valence-corrected chi connectivity index (χ1v) is 10.1. The van der Waals surface area contributed by atoms with Crippen molar-refractivity contribution in [1.29, 1.82) is 0 Å². The second-order valence-corrected chi connectivity index (χ2v) is 8.98. The van der Waals surface area contributed by atoms with E-state index in [9.17, 15) is 9.59 Å². The molecule has 3 aromatic rings. The first-order valence-electron chi connectivity index (χ1n) is 8.45. The summed E-state index contributed by atoms with van der Waals surface area (Å²) in [4.78, 5) is 24.2. The third kappa shape index (κ3) is 2.72. The lowest BCUT2D eigenvalue weighted by Gasteiger charge is -2.19. The normalized spacial score (nSPS) is 12.5. The lowest BCUT2D eigenvalue weighted by Crippen LogP contribution is -2.53. The van der Waals surface area contributed by atoms with Gasteiger partial charge in [-0.25, -0.2) is 0 Å². The SMILES string of the molecule is Cc1cc(C)c(B2c3sc(C=O)cc3C=Cc3cc(C=O)sc32)c(C)c1. The molecule has 1 aromatic carbocycles. The van der Waals surface area contributed by atoms with Gasteiger partial charge >= 0.3 is 0 Å². The van der Waals surface area contributed by atoms with Gasteiger partial charge in [-0.15, -0.1) is 22.7 Å². The van der Waals surface area contributed by atoms with Crippen LogP contribution in [0.3, 0.4) is 0 Å². The van der Waals surface area contributed by atoms with Gasteiger partial charge in [0.25, 0.3) is 6.71 Å². The van der Waals surface area contributed by atoms with Crippen molar-refractivity contribution in [2.24, 2.45) is 0 Å². The van der Waals surface area contributed by atoms with E-state index in [1.807, 2.05) is 12.1 Å². The molecule has 2 nitrogen and oxygen atoms in total. The van der Waals surface area contributed by atoms with Gasteiger partial charge in [-0.05, 0) is 53.6 Å². The Morgan fingerprint density at radius 2 is 1.23 bits per heavy atom. The summed E-state index contributed by atoms with van der Waals surface area (Å²) in [5.41, 5.74) is 7.20. The van der Waals surface area contributed by atoms with Crippen molar-refractivity contribution < 1.29 is 9.59 Å². The van der Waals surface area contributed by atoms with Crippen LogP contribution in [-0.2, 0) is 0 Å². The van der Waals surface area contributed by atoms with E-state index in [0.717, 1.165) is 33.5 Å². The van der Waals surface area contributed by atoms with Gasteiger partial charge in [-0.3, -0.25) is 9.59 Å². The molecule has 2 aromatic heterocycles. The quantitative estimate of drug-likeness (QED) is 0.406. The fraction of sp³-hybridized carbons (Fsp3) is 0.143. The molecule has 4 rings (SSSR count). The third-order valence-corrected chi connectivity index (χ3v) is 7.13. The molecule has 0 unspecified atom stereocenters. The highest BCUT2D eigenvalue weighted by Gasteiger charge is 2.33. The molecule has 1 aliphatic rings. The van der Waals surface area contributed by atoms with E-state index in [-0.39, 0.29) is 6.71 Å². The summed E-state index contributed by atoms with van der Waals surface area (Å²) < 4.78 is 2.35. The molecular formula is C21H17BO2S2. The number of hydrogen-bond acceptors (Lipinski definition) is 4. The largest absolute Gasteiger partial charge is 0.297 e. The van der Waals surface area contributed by atoms with Crippen LogP contribution in [0.2, 0.25) is 0 Å². The van der Waals surface area contributed by atoms with Gasteiger partial charge in [0.1, 0.15) is 0 Å². The Labute approximate surface area is 161 Å². The number of hydrogen-bond donors (Lipinski definition) is 0. The summed E-state index contributed by atoms with van der Waals surface area (Å²) in [5.74, 6) is 0. The standard InChI is InChI=1S/C21H17BO2S2/c1-12-6-13(2)19(14(3)7-12)22-20-15(8-17(10-23)25-20)4-5-16-9-18(11-24)26-21(16)22/h4-11H,1-3H3. The van der Waals surface area contributed by atoms with Gasteiger partial charge in [0.15, 0.2) is 12.6 Å². The van der Waals surface area contributed by atoms with E-state index >= 15 is 0 Å². The monoisotopic (exact) mass is 376 g/mol. The Bertz CT molecular complexity index is 993. The first-order chi connectivity index (χ1) is 12.5. The van der Waals surface area contributed by atoms with Crippen molar-refractivity contribution in [2.45, 2.75) is 20.8 Å². The highest BCUT2D eigenvalue weighted by atomic mass is 32.1. The smallest absolute Gasteiger partial charge is 0.268 e. The number of benzene rings is 1. The molecule has 3 heterocycles. The molecule has 0 saturated carbocycles. The molecule has 0 aliphatic carbocycles. The van der Waals surface area contributed by atoms with Crippen molar-refractivity contribution in [1.82, 2.24) is 0 Å². The zero-order valence-electron chi connectivity index (χ0n) is 14.8. The van der Waals surface area contributed by atoms with Crippen molar-refractivity contribution in [3.05, 3.63) is 61.8 Å². The van der Waals surface area contributed by atoms with Gasteiger partial charge in [-0.2, -0.15) is 0 Å². The summed E-state index contributed by atoms with van der Waals surface area (Å²) in [5, 5.41) is 0. The predicted octanol–water partition coefficient (Wildman–Crippen LogP) is 3.36. The summed E-state index contributed by atoms with van der Waals surface area (Å²) >= 11 is 3.11. The Hall–Kier alpha value is -2.24. The van der Waals surface area contributed by atoms with Gasteiger partial charge < -0.3 is 0 Å². The van der Waals surface area contributed by atoms with Crippen LogP contribution in [0.25, 0.3) is 12.2 Å². The number of rotatable bonds is 3. The number of carbonyl (C=O) groups excluding carboxylic acids is 2. The summed E-state index contributed by atoms with van der Waals surface area (Å²) in [7, 11) is 0. The number of carbonyl (C=O) groups is 2. The van der Waals surface area contributed by atoms with Gasteiger partial charge in [0, 0.05) is 0 Å². The van der Waals surface area contributed by atoms with Crippen LogP contribution in [-0.4, -0.2) is 19.3 Å². The van der Waals surface area contributed by atoms with E-state index in [4.69, 9.17) is 0 Å². The fourth-order valence-corrected chi connectivity index (χ4v) is 6.16. The molecule has 0 saturated heterocycles. The van der Waals surface area contributed by atoms with Crippen LogP contribution in [0, 0.1) is 20.8 Å². The van der Waals surface area contributed by atoms with Crippen LogP contribution in [0.1, 0.15) is 47.2 Å². The highest BCUT2D eigenvalue weighted by molar-refractivity contribution is 7.36.